The SMILES string of the molecule is O=C(C[N+]12CCC(CC1)CC2)Nc1ccon1. The second kappa shape index (κ2) is 4.14. The van der Waals surface area contributed by atoms with Crippen molar-refractivity contribution in [1.29, 1.82) is 0 Å². The molecule has 3 fully saturated rings. The fourth-order valence-electron chi connectivity index (χ4n) is 3.14. The molecule has 92 valence electrons. The van der Waals surface area contributed by atoms with Crippen molar-refractivity contribution in [3.05, 3.63) is 12.3 Å². The Morgan fingerprint density at radius 3 is 2.71 bits per heavy atom. The van der Waals surface area contributed by atoms with E-state index in [1.807, 2.05) is 0 Å². The van der Waals surface area contributed by atoms with Gasteiger partial charge in [-0.25, -0.2) is 0 Å². The molecule has 1 aromatic rings. The van der Waals surface area contributed by atoms with E-state index >= 15 is 0 Å². The predicted molar refractivity (Wildman–Crippen MR) is 62.2 cm³/mol. The number of fused-ring (bicyclic) bond motifs is 3. The highest BCUT2D eigenvalue weighted by atomic mass is 16.5. The number of nitrogens with one attached hydrogen (secondary N) is 1. The Balaban J connectivity index is 1.60. The summed E-state index contributed by atoms with van der Waals surface area (Å²) < 4.78 is 5.67. The molecule has 0 saturated carbocycles. The van der Waals surface area contributed by atoms with E-state index in [4.69, 9.17) is 4.52 Å². The fourth-order valence-corrected chi connectivity index (χ4v) is 3.14. The molecule has 0 radical (unpaired) electrons. The average molecular weight is 236 g/mol. The van der Waals surface area contributed by atoms with Crippen molar-refractivity contribution in [2.45, 2.75) is 19.3 Å². The van der Waals surface area contributed by atoms with Gasteiger partial charge >= 0.3 is 0 Å². The van der Waals surface area contributed by atoms with Gasteiger partial charge < -0.3 is 14.3 Å². The van der Waals surface area contributed by atoms with Crippen LogP contribution in [0.25, 0.3) is 0 Å². The van der Waals surface area contributed by atoms with Gasteiger partial charge in [0.1, 0.15) is 6.26 Å². The average Bonchev–Trinajstić information content (AvgIpc) is 2.83. The van der Waals surface area contributed by atoms with Gasteiger partial charge in [0.2, 0.25) is 0 Å². The molecule has 0 aliphatic carbocycles. The zero-order valence-electron chi connectivity index (χ0n) is 9.89. The molecule has 3 saturated heterocycles. The van der Waals surface area contributed by atoms with Crippen molar-refractivity contribution in [3.63, 3.8) is 0 Å². The number of rotatable bonds is 3. The van der Waals surface area contributed by atoms with E-state index in [-0.39, 0.29) is 5.91 Å². The predicted octanol–water partition coefficient (Wildman–Crippen LogP) is 1.24. The maximum absolute atomic E-state index is 12.0. The highest BCUT2D eigenvalue weighted by Crippen LogP contribution is 2.33. The Hall–Kier alpha value is -1.36. The first-order chi connectivity index (χ1) is 8.26. The summed E-state index contributed by atoms with van der Waals surface area (Å²) in [6.07, 6.45) is 5.33. The Kier molecular flexibility index (Phi) is 2.63. The standard InChI is InChI=1S/C12H17N3O2/c16-12(13-11-4-8-17-14-11)9-15-5-1-10(2-6-15)3-7-15/h4,8,10H,1-3,5-7,9H2/p+1. The second-order valence-corrected chi connectivity index (χ2v) is 5.34. The van der Waals surface area contributed by atoms with Crippen LogP contribution in [0, 0.1) is 5.92 Å². The number of piperidine rings is 3. The molecule has 5 heteroatoms. The van der Waals surface area contributed by atoms with Crippen LogP contribution in [0.5, 0.6) is 0 Å². The van der Waals surface area contributed by atoms with Crippen molar-refractivity contribution >= 4 is 11.7 Å². The van der Waals surface area contributed by atoms with Gasteiger partial charge in [0.25, 0.3) is 5.91 Å². The molecule has 0 aromatic carbocycles. The first-order valence-electron chi connectivity index (χ1n) is 6.31. The summed E-state index contributed by atoms with van der Waals surface area (Å²) in [5, 5.41) is 6.48. The van der Waals surface area contributed by atoms with Gasteiger partial charge in [-0.3, -0.25) is 4.79 Å². The minimum atomic E-state index is 0.0549. The van der Waals surface area contributed by atoms with Crippen molar-refractivity contribution in [3.8, 4) is 0 Å². The lowest BCUT2D eigenvalue weighted by atomic mass is 9.86. The summed E-state index contributed by atoms with van der Waals surface area (Å²) in [5.74, 6) is 1.49. The molecule has 0 unspecified atom stereocenters. The Labute approximate surface area is 100 Å². The van der Waals surface area contributed by atoms with E-state index in [0.29, 0.717) is 12.4 Å². The lowest BCUT2D eigenvalue weighted by Crippen LogP contribution is -2.60. The molecule has 0 spiro atoms. The van der Waals surface area contributed by atoms with E-state index in [9.17, 15) is 4.79 Å². The molecule has 3 aliphatic rings. The summed E-state index contributed by atoms with van der Waals surface area (Å²) in [5.41, 5.74) is 0. The minimum Gasteiger partial charge on any atom is -0.363 e. The zero-order valence-corrected chi connectivity index (χ0v) is 9.89. The summed E-state index contributed by atoms with van der Waals surface area (Å²) in [6.45, 7) is 4.07. The van der Waals surface area contributed by atoms with Crippen molar-refractivity contribution in [2.24, 2.45) is 5.92 Å². The lowest BCUT2D eigenvalue weighted by molar-refractivity contribution is -0.935. The third-order valence-corrected chi connectivity index (χ3v) is 4.22. The van der Waals surface area contributed by atoms with Gasteiger partial charge in [0.15, 0.2) is 12.4 Å². The fraction of sp³-hybridized carbons (Fsp3) is 0.667. The Morgan fingerprint density at radius 1 is 1.41 bits per heavy atom. The van der Waals surface area contributed by atoms with E-state index in [0.717, 1.165) is 30.0 Å². The van der Waals surface area contributed by atoms with Gasteiger partial charge in [0, 0.05) is 6.07 Å². The maximum atomic E-state index is 12.0. The molecule has 2 bridgehead atoms. The third kappa shape index (κ3) is 2.20. The molecule has 17 heavy (non-hydrogen) atoms. The smallest absolute Gasteiger partial charge is 0.280 e. The first-order valence-corrected chi connectivity index (χ1v) is 6.31. The van der Waals surface area contributed by atoms with E-state index < -0.39 is 0 Å². The molecule has 1 aromatic heterocycles. The van der Waals surface area contributed by atoms with Crippen LogP contribution in [0.15, 0.2) is 16.9 Å². The lowest BCUT2D eigenvalue weighted by Gasteiger charge is -2.48. The van der Waals surface area contributed by atoms with Crippen LogP contribution < -0.4 is 5.32 Å². The van der Waals surface area contributed by atoms with Crippen molar-refractivity contribution in [1.82, 2.24) is 5.16 Å². The molecular formula is C12H18N3O2+. The number of hydrogen-bond acceptors (Lipinski definition) is 3. The monoisotopic (exact) mass is 236 g/mol. The van der Waals surface area contributed by atoms with Crippen LogP contribution in [0.4, 0.5) is 5.82 Å². The van der Waals surface area contributed by atoms with Gasteiger partial charge in [-0.15, -0.1) is 0 Å². The second-order valence-electron chi connectivity index (χ2n) is 5.34. The maximum Gasteiger partial charge on any atom is 0.280 e. The molecule has 4 rings (SSSR count). The highest BCUT2D eigenvalue weighted by Gasteiger charge is 2.40. The topological polar surface area (TPSA) is 55.1 Å². The number of quaternary nitrogens is 1. The van der Waals surface area contributed by atoms with Gasteiger partial charge in [-0.2, -0.15) is 0 Å². The molecule has 1 amide bonds. The summed E-state index contributed by atoms with van der Waals surface area (Å²) >= 11 is 0. The van der Waals surface area contributed by atoms with E-state index in [1.165, 1.54) is 25.5 Å². The summed E-state index contributed by atoms with van der Waals surface area (Å²) in [4.78, 5) is 12.0. The number of hydrogen-bond donors (Lipinski definition) is 1. The highest BCUT2D eigenvalue weighted by molar-refractivity contribution is 5.90. The first kappa shape index (κ1) is 10.8. The van der Waals surface area contributed by atoms with Crippen LogP contribution in [0.1, 0.15) is 19.3 Å². The minimum absolute atomic E-state index is 0.0549. The van der Waals surface area contributed by atoms with Crippen LogP contribution in [0.3, 0.4) is 0 Å². The van der Waals surface area contributed by atoms with Crippen LogP contribution in [-0.4, -0.2) is 41.7 Å². The molecule has 0 atom stereocenters. The summed E-state index contributed by atoms with van der Waals surface area (Å²) in [7, 11) is 0. The van der Waals surface area contributed by atoms with Crippen LogP contribution >= 0.6 is 0 Å². The number of aromatic nitrogens is 1. The Bertz CT molecular complexity index is 380. The number of nitrogens with zero attached hydrogens (tertiary/aromatic N) is 2. The van der Waals surface area contributed by atoms with Crippen LogP contribution in [0.2, 0.25) is 0 Å². The number of anilines is 1. The Morgan fingerprint density at radius 2 is 2.12 bits per heavy atom. The summed E-state index contributed by atoms with van der Waals surface area (Å²) in [6, 6.07) is 1.67. The van der Waals surface area contributed by atoms with Gasteiger partial charge in [0.05, 0.1) is 19.6 Å². The third-order valence-electron chi connectivity index (χ3n) is 4.22. The van der Waals surface area contributed by atoms with E-state index in [1.54, 1.807) is 6.07 Å². The number of amides is 1. The van der Waals surface area contributed by atoms with Crippen molar-refractivity contribution < 1.29 is 13.8 Å². The van der Waals surface area contributed by atoms with Crippen LogP contribution in [-0.2, 0) is 4.79 Å². The molecule has 1 N–H and O–H groups in total. The molecule has 3 aliphatic heterocycles. The van der Waals surface area contributed by atoms with E-state index in [2.05, 4.69) is 10.5 Å². The number of carbonyl (C=O) groups is 1. The molecule has 4 heterocycles. The zero-order chi connectivity index (χ0) is 11.7. The number of carbonyl (C=O) groups excluding carboxylic acids is 1. The van der Waals surface area contributed by atoms with Gasteiger partial charge in [-0.05, 0) is 25.2 Å². The molecule has 5 nitrogen and oxygen atoms in total. The van der Waals surface area contributed by atoms with Crippen molar-refractivity contribution in [2.75, 3.05) is 31.5 Å². The van der Waals surface area contributed by atoms with Gasteiger partial charge in [-0.1, -0.05) is 5.16 Å². The normalized spacial score (nSPS) is 31.4. The largest absolute Gasteiger partial charge is 0.363 e. The molecular weight excluding hydrogens is 218 g/mol. The quantitative estimate of drug-likeness (QED) is 0.803.